The zero-order chi connectivity index (χ0) is 63.5. The highest BCUT2D eigenvalue weighted by Gasteiger charge is 2.18. The second-order valence-electron chi connectivity index (χ2n) is 28.1. The fraction of sp³-hybridized carbons (Fsp3) is 0.927. The van der Waals surface area contributed by atoms with Crippen molar-refractivity contribution in [3.8, 4) is 0 Å². The number of aliphatic hydroxyl groups excluding tert-OH is 2. The Balaban J connectivity index is 3.34. The van der Waals surface area contributed by atoms with E-state index in [1.165, 1.54) is 392 Å². The summed E-state index contributed by atoms with van der Waals surface area (Å²) in [5.41, 5.74) is 0. The topological polar surface area (TPSA) is 95.9 Å². The highest BCUT2D eigenvalue weighted by atomic mass is 16.5. The minimum absolute atomic E-state index is 0.0121. The predicted molar refractivity (Wildman–Crippen MR) is 389 cm³/mol. The number of ether oxygens (including phenoxy) is 1. The molecule has 0 saturated heterocycles. The number of rotatable bonds is 77. The molecule has 6 heteroatoms. The maximum Gasteiger partial charge on any atom is 0.305 e. The number of amides is 1. The van der Waals surface area contributed by atoms with E-state index in [0.717, 1.165) is 44.9 Å². The summed E-state index contributed by atoms with van der Waals surface area (Å²) in [6, 6.07) is -0.625. The summed E-state index contributed by atoms with van der Waals surface area (Å²) in [7, 11) is 0. The van der Waals surface area contributed by atoms with Gasteiger partial charge in [-0.3, -0.25) is 9.59 Å². The maximum atomic E-state index is 12.6. The van der Waals surface area contributed by atoms with E-state index in [9.17, 15) is 19.8 Å². The van der Waals surface area contributed by atoms with Crippen molar-refractivity contribution in [2.24, 2.45) is 0 Å². The minimum Gasteiger partial charge on any atom is -0.466 e. The van der Waals surface area contributed by atoms with Gasteiger partial charge in [0.15, 0.2) is 0 Å². The van der Waals surface area contributed by atoms with E-state index in [-0.39, 0.29) is 18.5 Å². The van der Waals surface area contributed by atoms with Crippen molar-refractivity contribution in [1.82, 2.24) is 5.32 Å². The van der Waals surface area contributed by atoms with Crippen LogP contribution in [0.25, 0.3) is 0 Å². The van der Waals surface area contributed by atoms with Crippen LogP contribution in [0.3, 0.4) is 0 Å². The van der Waals surface area contributed by atoms with Gasteiger partial charge in [-0.1, -0.05) is 423 Å². The lowest BCUT2D eigenvalue weighted by atomic mass is 10.0. The van der Waals surface area contributed by atoms with Crippen LogP contribution >= 0.6 is 0 Å². The van der Waals surface area contributed by atoms with Crippen LogP contribution in [0.5, 0.6) is 0 Å². The molecule has 0 spiro atoms. The Bertz CT molecular complexity index is 1380. The predicted octanol–water partition coefficient (Wildman–Crippen LogP) is 26.8. The molecule has 88 heavy (non-hydrogen) atoms. The molecule has 522 valence electrons. The lowest BCUT2D eigenvalue weighted by Crippen LogP contribution is -2.45. The second-order valence-corrected chi connectivity index (χ2v) is 28.1. The quantitative estimate of drug-likeness (QED) is 0.0320. The third-order valence-electron chi connectivity index (χ3n) is 19.2. The van der Waals surface area contributed by atoms with E-state index in [0.29, 0.717) is 19.4 Å². The SMILES string of the molecule is CCCC/C=C\CCCCCCCC(=O)OCCCCCCCCCCCCCCCCCCCCCCCCCCCCCCCCCCCCCC(=O)NC(CO)C(O)/C=C/CCCCCCCCCCCCCCCCCCCCCCCCC. The van der Waals surface area contributed by atoms with Gasteiger partial charge in [-0.05, 0) is 51.4 Å². The number of hydrogen-bond donors (Lipinski definition) is 3. The standard InChI is InChI=1S/C82H159NO5/c1-3-5-7-9-11-13-15-16-17-18-19-20-21-33-36-39-42-45-48-51-55-58-62-66-70-74-80(85)79(78-84)83-81(86)75-71-67-63-59-56-52-49-46-43-40-37-34-31-29-27-25-23-22-24-26-28-30-32-35-38-41-44-47-50-53-57-61-65-69-73-77-88-82(87)76-72-68-64-60-54-14-12-10-8-6-4-2/h10,12,70,74,79-80,84-85H,3-9,11,13-69,71-73,75-78H2,1-2H3,(H,83,86)/b12-10-,74-70+. The molecule has 6 nitrogen and oxygen atoms in total. The van der Waals surface area contributed by atoms with Crippen molar-refractivity contribution in [2.75, 3.05) is 13.2 Å². The normalized spacial score (nSPS) is 12.5. The zero-order valence-electron chi connectivity index (χ0n) is 60.0. The molecule has 1 amide bonds. The molecule has 3 N–H and O–H groups in total. The smallest absolute Gasteiger partial charge is 0.305 e. The molecule has 0 fully saturated rings. The van der Waals surface area contributed by atoms with Gasteiger partial charge in [-0.2, -0.15) is 0 Å². The van der Waals surface area contributed by atoms with Crippen LogP contribution in [0, 0.1) is 0 Å². The fourth-order valence-electron chi connectivity index (χ4n) is 13.0. The molecule has 0 saturated carbocycles. The van der Waals surface area contributed by atoms with Crippen molar-refractivity contribution in [1.29, 1.82) is 0 Å². The summed E-state index contributed by atoms with van der Waals surface area (Å²) in [6.45, 7) is 4.92. The summed E-state index contributed by atoms with van der Waals surface area (Å²) in [4.78, 5) is 24.6. The first-order valence-electron chi connectivity index (χ1n) is 40.6. The van der Waals surface area contributed by atoms with Gasteiger partial charge in [0, 0.05) is 12.8 Å². The van der Waals surface area contributed by atoms with Gasteiger partial charge < -0.3 is 20.3 Å². The van der Waals surface area contributed by atoms with Crippen molar-refractivity contribution >= 4 is 11.9 Å². The van der Waals surface area contributed by atoms with E-state index < -0.39 is 12.1 Å². The average molecular weight is 1240 g/mol. The van der Waals surface area contributed by atoms with Crippen LogP contribution in [-0.2, 0) is 14.3 Å². The first-order chi connectivity index (χ1) is 43.5. The molecule has 0 aromatic heterocycles. The zero-order valence-corrected chi connectivity index (χ0v) is 60.0. The average Bonchev–Trinajstić information content (AvgIpc) is 3.55. The van der Waals surface area contributed by atoms with Gasteiger partial charge in [0.1, 0.15) is 0 Å². The molecular formula is C82H159NO5. The third-order valence-corrected chi connectivity index (χ3v) is 19.2. The third kappa shape index (κ3) is 73.4. The van der Waals surface area contributed by atoms with E-state index in [1.54, 1.807) is 6.08 Å². The fourth-order valence-corrected chi connectivity index (χ4v) is 13.0. The summed E-state index contributed by atoms with van der Waals surface area (Å²) in [5.74, 6) is -0.0450. The minimum atomic E-state index is -0.842. The lowest BCUT2D eigenvalue weighted by molar-refractivity contribution is -0.143. The first-order valence-corrected chi connectivity index (χ1v) is 40.6. The second kappa shape index (κ2) is 77.8. The van der Waals surface area contributed by atoms with E-state index in [2.05, 4.69) is 31.3 Å². The molecule has 2 atom stereocenters. The van der Waals surface area contributed by atoms with Crippen LogP contribution in [0.1, 0.15) is 463 Å². The van der Waals surface area contributed by atoms with E-state index in [4.69, 9.17) is 4.74 Å². The number of unbranched alkanes of at least 4 members (excludes halogenated alkanes) is 64. The number of carbonyl (C=O) groups excluding carboxylic acids is 2. The van der Waals surface area contributed by atoms with Crippen LogP contribution < -0.4 is 5.32 Å². The van der Waals surface area contributed by atoms with Gasteiger partial charge >= 0.3 is 5.97 Å². The number of allylic oxidation sites excluding steroid dienone is 3. The summed E-state index contributed by atoms with van der Waals surface area (Å²) >= 11 is 0. The molecular weight excluding hydrogens is 1080 g/mol. The Hall–Kier alpha value is -1.66. The van der Waals surface area contributed by atoms with Crippen LogP contribution in [-0.4, -0.2) is 47.4 Å². The Morgan fingerprint density at radius 2 is 0.545 bits per heavy atom. The van der Waals surface area contributed by atoms with Crippen LogP contribution in [0.4, 0.5) is 0 Å². The maximum absolute atomic E-state index is 12.6. The lowest BCUT2D eigenvalue weighted by Gasteiger charge is -2.20. The van der Waals surface area contributed by atoms with Gasteiger partial charge in [-0.15, -0.1) is 0 Å². The Kier molecular flexibility index (Phi) is 76.3. The molecule has 0 radical (unpaired) electrons. The molecule has 0 rings (SSSR count). The molecule has 0 bridgehead atoms. The van der Waals surface area contributed by atoms with Crippen molar-refractivity contribution < 1.29 is 24.5 Å². The molecule has 0 aliphatic heterocycles. The van der Waals surface area contributed by atoms with Crippen LogP contribution in [0.15, 0.2) is 24.3 Å². The highest BCUT2D eigenvalue weighted by Crippen LogP contribution is 2.20. The number of carbonyl (C=O) groups is 2. The van der Waals surface area contributed by atoms with E-state index in [1.807, 2.05) is 6.08 Å². The van der Waals surface area contributed by atoms with E-state index >= 15 is 0 Å². The monoisotopic (exact) mass is 1240 g/mol. The highest BCUT2D eigenvalue weighted by molar-refractivity contribution is 5.76. The molecule has 0 aliphatic rings. The van der Waals surface area contributed by atoms with Gasteiger partial charge in [0.25, 0.3) is 0 Å². The molecule has 0 aromatic carbocycles. The largest absolute Gasteiger partial charge is 0.466 e. The van der Waals surface area contributed by atoms with Crippen molar-refractivity contribution in [3.05, 3.63) is 24.3 Å². The molecule has 0 aromatic rings. The van der Waals surface area contributed by atoms with Crippen molar-refractivity contribution in [2.45, 2.75) is 475 Å². The summed E-state index contributed by atoms with van der Waals surface area (Å²) in [6.07, 6.45) is 100. The van der Waals surface area contributed by atoms with Gasteiger partial charge in [0.05, 0.1) is 25.4 Å². The molecule has 0 heterocycles. The van der Waals surface area contributed by atoms with Gasteiger partial charge in [-0.25, -0.2) is 0 Å². The number of hydrogen-bond acceptors (Lipinski definition) is 5. The van der Waals surface area contributed by atoms with Crippen molar-refractivity contribution in [3.63, 3.8) is 0 Å². The Morgan fingerprint density at radius 3 is 0.841 bits per heavy atom. The summed E-state index contributed by atoms with van der Waals surface area (Å²) in [5, 5.41) is 23.3. The molecule has 2 unspecified atom stereocenters. The number of nitrogens with one attached hydrogen (secondary N) is 1. The molecule has 0 aliphatic carbocycles. The van der Waals surface area contributed by atoms with Gasteiger partial charge in [0.2, 0.25) is 5.91 Å². The number of aliphatic hydroxyl groups is 2. The number of esters is 1. The summed E-state index contributed by atoms with van der Waals surface area (Å²) < 4.78 is 5.48. The Morgan fingerprint density at radius 1 is 0.307 bits per heavy atom. The van der Waals surface area contributed by atoms with Crippen LogP contribution in [0.2, 0.25) is 0 Å². The Labute approximate surface area is 551 Å². The first kappa shape index (κ1) is 86.3.